The van der Waals surface area contributed by atoms with Crippen LogP contribution < -0.4 is 4.90 Å². The van der Waals surface area contributed by atoms with Crippen molar-refractivity contribution in [2.75, 3.05) is 18.1 Å². The summed E-state index contributed by atoms with van der Waals surface area (Å²) in [5, 5.41) is 1.38. The summed E-state index contributed by atoms with van der Waals surface area (Å²) >= 11 is 7.73. The third kappa shape index (κ3) is 3.79. The molecule has 1 saturated heterocycles. The van der Waals surface area contributed by atoms with E-state index in [4.69, 9.17) is 21.3 Å². The van der Waals surface area contributed by atoms with Crippen LogP contribution in [-0.4, -0.2) is 30.1 Å². The van der Waals surface area contributed by atoms with E-state index in [2.05, 4.69) is 0 Å². The maximum absolute atomic E-state index is 13.5. The Labute approximate surface area is 174 Å². The van der Waals surface area contributed by atoms with Gasteiger partial charge in [-0.2, -0.15) is 0 Å². The summed E-state index contributed by atoms with van der Waals surface area (Å²) in [4.78, 5) is 20.1. The van der Waals surface area contributed by atoms with Gasteiger partial charge in [-0.3, -0.25) is 9.69 Å². The predicted molar refractivity (Wildman–Crippen MR) is 116 cm³/mol. The van der Waals surface area contributed by atoms with Crippen molar-refractivity contribution in [3.05, 3.63) is 57.6 Å². The molecule has 6 heteroatoms. The van der Waals surface area contributed by atoms with Gasteiger partial charge in [-0.15, -0.1) is 0 Å². The minimum Gasteiger partial charge on any atom is -0.376 e. The molecule has 1 aromatic heterocycles. The number of hydrogen-bond donors (Lipinski definition) is 0. The average molecular weight is 415 g/mol. The van der Waals surface area contributed by atoms with Gasteiger partial charge in [-0.05, 0) is 62.9 Å². The fourth-order valence-corrected chi connectivity index (χ4v) is 5.04. The standard InChI is InChI=1S/C22H23ClN2O2S/c1-13-6-7-14(2)18(9-13)21(26)25(12-17-5-4-8-27-17)22-24-20-15(3)10-16(23)11-19(20)28-22/h6-7,9-11,17H,4-5,8,12H2,1-3H3. The van der Waals surface area contributed by atoms with Crippen molar-refractivity contribution in [3.63, 3.8) is 0 Å². The molecule has 1 aliphatic rings. The van der Waals surface area contributed by atoms with Crippen LogP contribution in [0.4, 0.5) is 5.13 Å². The van der Waals surface area contributed by atoms with Gasteiger partial charge in [0.15, 0.2) is 5.13 Å². The van der Waals surface area contributed by atoms with Crippen LogP contribution in [0.5, 0.6) is 0 Å². The first-order valence-corrected chi connectivity index (χ1v) is 10.7. The molecule has 1 unspecified atom stereocenters. The van der Waals surface area contributed by atoms with Gasteiger partial charge in [-0.1, -0.05) is 40.6 Å². The molecule has 1 atom stereocenters. The molecule has 0 radical (unpaired) electrons. The number of anilines is 1. The molecule has 1 amide bonds. The number of hydrogen-bond acceptors (Lipinski definition) is 4. The second-order valence-corrected chi connectivity index (χ2v) is 8.88. The fraction of sp³-hybridized carbons (Fsp3) is 0.364. The van der Waals surface area contributed by atoms with Crippen LogP contribution in [0.3, 0.4) is 0 Å². The number of aromatic nitrogens is 1. The molecule has 0 bridgehead atoms. The number of fused-ring (bicyclic) bond motifs is 1. The van der Waals surface area contributed by atoms with E-state index in [1.54, 1.807) is 4.90 Å². The van der Waals surface area contributed by atoms with E-state index in [0.717, 1.165) is 46.4 Å². The zero-order chi connectivity index (χ0) is 19.8. The minimum atomic E-state index is -0.0282. The van der Waals surface area contributed by atoms with Crippen molar-refractivity contribution < 1.29 is 9.53 Å². The minimum absolute atomic E-state index is 0.0282. The Kier molecular flexibility index (Phi) is 5.41. The van der Waals surface area contributed by atoms with Gasteiger partial charge < -0.3 is 4.74 Å². The first kappa shape index (κ1) is 19.4. The zero-order valence-corrected chi connectivity index (χ0v) is 17.9. The first-order valence-electron chi connectivity index (χ1n) is 9.50. The molecule has 2 heterocycles. The van der Waals surface area contributed by atoms with E-state index < -0.39 is 0 Å². The van der Waals surface area contributed by atoms with Crippen molar-refractivity contribution in [1.29, 1.82) is 0 Å². The molecule has 4 rings (SSSR count). The molecule has 0 saturated carbocycles. The van der Waals surface area contributed by atoms with Crippen LogP contribution in [0.2, 0.25) is 5.02 Å². The Morgan fingerprint density at radius 2 is 2.07 bits per heavy atom. The topological polar surface area (TPSA) is 42.4 Å². The summed E-state index contributed by atoms with van der Waals surface area (Å²) in [6.07, 6.45) is 2.04. The van der Waals surface area contributed by atoms with Crippen LogP contribution in [0, 0.1) is 20.8 Å². The highest BCUT2D eigenvalue weighted by atomic mass is 35.5. The molecule has 28 heavy (non-hydrogen) atoms. The maximum atomic E-state index is 13.5. The number of nitrogens with zero attached hydrogens (tertiary/aromatic N) is 2. The first-order chi connectivity index (χ1) is 13.4. The number of rotatable bonds is 4. The monoisotopic (exact) mass is 414 g/mol. The molecule has 3 aromatic rings. The van der Waals surface area contributed by atoms with Gasteiger partial charge in [0, 0.05) is 17.2 Å². The average Bonchev–Trinajstić information content (AvgIpc) is 3.30. The lowest BCUT2D eigenvalue weighted by Crippen LogP contribution is -2.37. The number of aryl methyl sites for hydroxylation is 3. The number of benzene rings is 2. The van der Waals surface area contributed by atoms with Gasteiger partial charge in [0.05, 0.1) is 22.9 Å². The molecular weight excluding hydrogens is 392 g/mol. The summed E-state index contributed by atoms with van der Waals surface area (Å²) in [5.74, 6) is -0.0282. The Hall–Kier alpha value is -1.95. The van der Waals surface area contributed by atoms with E-state index in [0.29, 0.717) is 22.3 Å². The van der Waals surface area contributed by atoms with Crippen LogP contribution >= 0.6 is 22.9 Å². The van der Waals surface area contributed by atoms with E-state index in [1.807, 2.05) is 51.1 Å². The summed E-state index contributed by atoms with van der Waals surface area (Å²) in [5.41, 5.74) is 4.66. The number of ether oxygens (including phenoxy) is 1. The molecule has 0 aliphatic carbocycles. The summed E-state index contributed by atoms with van der Waals surface area (Å²) in [6.45, 7) is 7.24. The molecule has 4 nitrogen and oxygen atoms in total. The fourth-order valence-electron chi connectivity index (χ4n) is 3.61. The van der Waals surface area contributed by atoms with Gasteiger partial charge in [0.2, 0.25) is 0 Å². The molecule has 146 valence electrons. The van der Waals surface area contributed by atoms with Crippen molar-refractivity contribution in [1.82, 2.24) is 4.98 Å². The highest BCUT2D eigenvalue weighted by Gasteiger charge is 2.28. The van der Waals surface area contributed by atoms with Gasteiger partial charge in [-0.25, -0.2) is 4.98 Å². The van der Waals surface area contributed by atoms with Gasteiger partial charge in [0.25, 0.3) is 5.91 Å². The third-order valence-corrected chi connectivity index (χ3v) is 6.39. The zero-order valence-electron chi connectivity index (χ0n) is 16.3. The second kappa shape index (κ2) is 7.82. The molecular formula is C22H23ClN2O2S. The SMILES string of the molecule is Cc1ccc(C)c(C(=O)N(CC2CCCO2)c2nc3c(C)cc(Cl)cc3s2)c1. The molecule has 1 fully saturated rings. The number of thiazole rings is 1. The number of carbonyl (C=O) groups is 1. The summed E-state index contributed by atoms with van der Waals surface area (Å²) in [7, 11) is 0. The molecule has 2 aromatic carbocycles. The van der Waals surface area contributed by atoms with Crippen molar-refractivity contribution in [2.45, 2.75) is 39.7 Å². The van der Waals surface area contributed by atoms with E-state index in [1.165, 1.54) is 11.3 Å². The van der Waals surface area contributed by atoms with Crippen molar-refractivity contribution >= 4 is 44.2 Å². The number of halogens is 1. The second-order valence-electron chi connectivity index (χ2n) is 7.44. The van der Waals surface area contributed by atoms with Crippen LogP contribution in [0.25, 0.3) is 10.2 Å². The number of amides is 1. The van der Waals surface area contributed by atoms with Crippen LogP contribution in [0.15, 0.2) is 30.3 Å². The van der Waals surface area contributed by atoms with E-state index in [-0.39, 0.29) is 12.0 Å². The molecule has 0 N–H and O–H groups in total. The molecule has 0 spiro atoms. The quantitative estimate of drug-likeness (QED) is 0.549. The lowest BCUT2D eigenvalue weighted by Gasteiger charge is -2.24. The predicted octanol–water partition coefficient (Wildman–Crippen LogP) is 5.70. The lowest BCUT2D eigenvalue weighted by atomic mass is 10.0. The third-order valence-electron chi connectivity index (χ3n) is 5.15. The Morgan fingerprint density at radius 1 is 1.25 bits per heavy atom. The van der Waals surface area contributed by atoms with Crippen LogP contribution in [0.1, 0.15) is 39.9 Å². The van der Waals surface area contributed by atoms with Gasteiger partial charge in [0.1, 0.15) is 0 Å². The molecule has 1 aliphatic heterocycles. The van der Waals surface area contributed by atoms with Crippen molar-refractivity contribution in [2.24, 2.45) is 0 Å². The summed E-state index contributed by atoms with van der Waals surface area (Å²) < 4.78 is 6.82. The Balaban J connectivity index is 1.78. The van der Waals surface area contributed by atoms with Gasteiger partial charge >= 0.3 is 0 Å². The Bertz CT molecular complexity index is 1040. The maximum Gasteiger partial charge on any atom is 0.260 e. The van der Waals surface area contributed by atoms with E-state index in [9.17, 15) is 4.79 Å². The summed E-state index contributed by atoms with van der Waals surface area (Å²) in [6, 6.07) is 9.80. The largest absolute Gasteiger partial charge is 0.376 e. The smallest absolute Gasteiger partial charge is 0.260 e. The number of carbonyl (C=O) groups excluding carboxylic acids is 1. The van der Waals surface area contributed by atoms with Crippen molar-refractivity contribution in [3.8, 4) is 0 Å². The van der Waals surface area contributed by atoms with Crippen LogP contribution in [-0.2, 0) is 4.74 Å². The highest BCUT2D eigenvalue weighted by Crippen LogP contribution is 2.34. The lowest BCUT2D eigenvalue weighted by molar-refractivity contribution is 0.0917. The Morgan fingerprint density at radius 3 is 2.82 bits per heavy atom. The van der Waals surface area contributed by atoms with E-state index >= 15 is 0 Å². The highest BCUT2D eigenvalue weighted by molar-refractivity contribution is 7.22. The normalized spacial score (nSPS) is 16.6.